The molecule has 1 atom stereocenters. The number of aliphatic hydroxyl groups excluding tert-OH is 1. The van der Waals surface area contributed by atoms with Crippen molar-refractivity contribution in [3.8, 4) is 0 Å². The van der Waals surface area contributed by atoms with Gasteiger partial charge in [-0.25, -0.2) is 0 Å². The van der Waals surface area contributed by atoms with E-state index in [4.69, 9.17) is 0 Å². The molecule has 0 spiro atoms. The third-order valence-corrected chi connectivity index (χ3v) is 8.80. The van der Waals surface area contributed by atoms with Crippen molar-refractivity contribution in [2.45, 2.75) is 24.0 Å². The molecule has 0 fully saturated rings. The number of rotatable bonds is 11. The topological polar surface area (TPSA) is 94.8 Å². The fraction of sp³-hybridized carbons (Fsp3) is 0.161. The van der Waals surface area contributed by atoms with Crippen LogP contribution < -0.4 is 5.32 Å². The lowest BCUT2D eigenvalue weighted by Gasteiger charge is -2.30. The van der Waals surface area contributed by atoms with Gasteiger partial charge in [0.15, 0.2) is 0 Å². The molecular weight excluding hydrogens is 670 g/mol. The molecule has 0 radical (unpaired) electrons. The highest BCUT2D eigenvalue weighted by atomic mass is 79.9. The van der Waals surface area contributed by atoms with E-state index in [1.54, 1.807) is 12.1 Å². The maximum absolute atomic E-state index is 11.4. The average Bonchev–Trinajstić information content (AvgIpc) is 3.22. The van der Waals surface area contributed by atoms with E-state index in [-0.39, 0.29) is 4.90 Å². The van der Waals surface area contributed by atoms with E-state index in [1.807, 2.05) is 35.2 Å². The lowest BCUT2D eigenvalue weighted by Crippen LogP contribution is -2.37. The molecule has 0 amide bonds. The summed E-state index contributed by atoms with van der Waals surface area (Å²) in [4.78, 5) is 1.81. The first-order valence-electron chi connectivity index (χ1n) is 13.0. The quantitative estimate of drug-likeness (QED) is 0.128. The first kappa shape index (κ1) is 29.3. The maximum atomic E-state index is 11.4. The molecule has 0 bridgehead atoms. The summed E-state index contributed by atoms with van der Waals surface area (Å²) in [6.45, 7) is 5.51. The number of fused-ring (bicyclic) bond motifs is 3. The van der Waals surface area contributed by atoms with Crippen LogP contribution in [-0.4, -0.2) is 46.7 Å². The second-order valence-corrected chi connectivity index (χ2v) is 13.1. The SMILES string of the molecule is C=C(Nc1ccc(S(=O)(=O)O)cc1)N(CCc1ccccc1)CC(O)Cn1c2ccc(Br)cc2c2cc(Br)ccc21. The summed E-state index contributed by atoms with van der Waals surface area (Å²) < 4.78 is 36.2. The number of hydrogen-bond acceptors (Lipinski definition) is 5. The highest BCUT2D eigenvalue weighted by molar-refractivity contribution is 9.10. The van der Waals surface area contributed by atoms with Crippen molar-refractivity contribution in [1.82, 2.24) is 9.47 Å². The molecule has 41 heavy (non-hydrogen) atoms. The summed E-state index contributed by atoms with van der Waals surface area (Å²) in [7, 11) is -4.28. The Bertz CT molecular complexity index is 1750. The van der Waals surface area contributed by atoms with E-state index >= 15 is 0 Å². The van der Waals surface area contributed by atoms with E-state index in [0.29, 0.717) is 31.1 Å². The minimum Gasteiger partial charge on any atom is -0.389 e. The molecular formula is C31H29Br2N3O4S. The van der Waals surface area contributed by atoms with Crippen LogP contribution >= 0.6 is 31.9 Å². The first-order chi connectivity index (χ1) is 19.6. The molecule has 1 aromatic heterocycles. The van der Waals surface area contributed by atoms with Gasteiger partial charge in [-0.2, -0.15) is 8.42 Å². The molecule has 212 valence electrons. The van der Waals surface area contributed by atoms with Crippen molar-refractivity contribution in [3.05, 3.63) is 118 Å². The molecule has 10 heteroatoms. The Kier molecular flexibility index (Phi) is 8.86. The van der Waals surface area contributed by atoms with Crippen LogP contribution in [0.1, 0.15) is 5.56 Å². The average molecular weight is 699 g/mol. The Hall–Kier alpha value is -3.15. The number of nitrogens with one attached hydrogen (secondary N) is 1. The highest BCUT2D eigenvalue weighted by Gasteiger charge is 2.19. The van der Waals surface area contributed by atoms with Gasteiger partial charge in [-0.05, 0) is 72.6 Å². The second-order valence-electron chi connectivity index (χ2n) is 9.84. The number of hydrogen-bond donors (Lipinski definition) is 3. The van der Waals surface area contributed by atoms with Gasteiger partial charge >= 0.3 is 0 Å². The third-order valence-electron chi connectivity index (χ3n) is 6.95. The molecule has 7 nitrogen and oxygen atoms in total. The number of anilines is 1. The summed E-state index contributed by atoms with van der Waals surface area (Å²) in [6, 6.07) is 28.2. The van der Waals surface area contributed by atoms with Crippen LogP contribution in [0.4, 0.5) is 5.69 Å². The number of aromatic nitrogens is 1. The van der Waals surface area contributed by atoms with Crippen molar-refractivity contribution in [1.29, 1.82) is 0 Å². The van der Waals surface area contributed by atoms with Gasteiger partial charge in [-0.3, -0.25) is 4.55 Å². The first-order valence-corrected chi connectivity index (χ1v) is 16.0. The largest absolute Gasteiger partial charge is 0.389 e. The van der Waals surface area contributed by atoms with Crippen molar-refractivity contribution in [2.24, 2.45) is 0 Å². The number of benzene rings is 4. The highest BCUT2D eigenvalue weighted by Crippen LogP contribution is 2.33. The van der Waals surface area contributed by atoms with Crippen LogP contribution in [0.25, 0.3) is 21.8 Å². The molecule has 0 saturated carbocycles. The van der Waals surface area contributed by atoms with Crippen molar-refractivity contribution in [2.75, 3.05) is 18.4 Å². The Morgan fingerprint density at radius 3 is 2.05 bits per heavy atom. The fourth-order valence-electron chi connectivity index (χ4n) is 4.97. The van der Waals surface area contributed by atoms with Crippen LogP contribution in [0, 0.1) is 0 Å². The van der Waals surface area contributed by atoms with Gasteiger partial charge in [0.1, 0.15) is 0 Å². The van der Waals surface area contributed by atoms with Crippen LogP contribution in [-0.2, 0) is 23.1 Å². The Morgan fingerprint density at radius 2 is 1.49 bits per heavy atom. The van der Waals surface area contributed by atoms with E-state index in [1.165, 1.54) is 12.1 Å². The zero-order valence-corrected chi connectivity index (χ0v) is 26.0. The van der Waals surface area contributed by atoms with Gasteiger partial charge < -0.3 is 19.9 Å². The summed E-state index contributed by atoms with van der Waals surface area (Å²) in [5.41, 5.74) is 3.84. The van der Waals surface area contributed by atoms with E-state index in [2.05, 4.69) is 84.7 Å². The van der Waals surface area contributed by atoms with Gasteiger partial charge in [0.25, 0.3) is 10.1 Å². The lowest BCUT2D eigenvalue weighted by molar-refractivity contribution is 0.116. The predicted molar refractivity (Wildman–Crippen MR) is 172 cm³/mol. The summed E-state index contributed by atoms with van der Waals surface area (Å²) >= 11 is 7.17. The molecule has 4 aromatic carbocycles. The molecule has 0 aliphatic heterocycles. The maximum Gasteiger partial charge on any atom is 0.294 e. The van der Waals surface area contributed by atoms with Crippen LogP contribution in [0.5, 0.6) is 0 Å². The molecule has 0 saturated heterocycles. The molecule has 1 heterocycles. The molecule has 0 aliphatic rings. The summed E-state index contributed by atoms with van der Waals surface area (Å²) in [6.07, 6.45) is 0.0187. The summed E-state index contributed by atoms with van der Waals surface area (Å²) in [5.74, 6) is 0.565. The number of aliphatic hydroxyl groups is 1. The Balaban J connectivity index is 1.38. The second kappa shape index (κ2) is 12.4. The predicted octanol–water partition coefficient (Wildman–Crippen LogP) is 7.06. The molecule has 3 N–H and O–H groups in total. The smallest absolute Gasteiger partial charge is 0.294 e. The van der Waals surface area contributed by atoms with Gasteiger partial charge in [-0.15, -0.1) is 0 Å². The molecule has 5 rings (SSSR count). The van der Waals surface area contributed by atoms with Crippen molar-refractivity contribution in [3.63, 3.8) is 0 Å². The Labute approximate surface area is 256 Å². The standard InChI is InChI=1S/C31H29Br2N3O4S/c1-21(34-25-9-11-27(12-10-25)41(38,39)40)35(16-15-22-5-3-2-4-6-22)19-26(37)20-36-30-13-7-23(32)17-28(30)29-18-24(33)8-14-31(29)36/h2-14,17-18,26,34,37H,1,15-16,19-20H2,(H,38,39,40). The lowest BCUT2D eigenvalue weighted by atomic mass is 10.1. The van der Waals surface area contributed by atoms with E-state index in [9.17, 15) is 18.1 Å². The zero-order chi connectivity index (χ0) is 29.1. The van der Waals surface area contributed by atoms with Gasteiger partial charge in [0.05, 0.1) is 23.4 Å². The van der Waals surface area contributed by atoms with Crippen molar-refractivity contribution >= 4 is 69.5 Å². The van der Waals surface area contributed by atoms with Gasteiger partial charge in [0.2, 0.25) is 0 Å². The van der Waals surface area contributed by atoms with Gasteiger partial charge in [-0.1, -0.05) is 68.8 Å². The van der Waals surface area contributed by atoms with E-state index < -0.39 is 16.2 Å². The zero-order valence-electron chi connectivity index (χ0n) is 22.0. The van der Waals surface area contributed by atoms with Crippen LogP contribution in [0.3, 0.4) is 0 Å². The molecule has 5 aromatic rings. The number of halogens is 2. The monoisotopic (exact) mass is 697 g/mol. The summed E-state index contributed by atoms with van der Waals surface area (Å²) in [5, 5.41) is 16.8. The van der Waals surface area contributed by atoms with Crippen LogP contribution in [0.2, 0.25) is 0 Å². The Morgan fingerprint density at radius 1 is 0.902 bits per heavy atom. The number of nitrogens with zero attached hydrogens (tertiary/aromatic N) is 2. The normalized spacial score (nSPS) is 12.5. The minimum atomic E-state index is -4.28. The minimum absolute atomic E-state index is 0.185. The molecule has 0 aliphatic carbocycles. The fourth-order valence-corrected chi connectivity index (χ4v) is 6.17. The molecule has 1 unspecified atom stereocenters. The van der Waals surface area contributed by atoms with E-state index in [0.717, 1.165) is 42.7 Å². The third kappa shape index (κ3) is 7.02. The van der Waals surface area contributed by atoms with Gasteiger partial charge in [0, 0.05) is 49.5 Å². The van der Waals surface area contributed by atoms with Crippen molar-refractivity contribution < 1.29 is 18.1 Å². The van der Waals surface area contributed by atoms with Crippen LogP contribution in [0.15, 0.2) is 117 Å².